The van der Waals surface area contributed by atoms with Crippen molar-refractivity contribution in [2.45, 2.75) is 13.8 Å². The molecule has 0 spiro atoms. The Hall–Kier alpha value is -2.69. The lowest BCUT2D eigenvalue weighted by Crippen LogP contribution is -2.22. The van der Waals surface area contributed by atoms with Gasteiger partial charge in [-0.25, -0.2) is 0 Å². The van der Waals surface area contributed by atoms with Gasteiger partial charge in [0.25, 0.3) is 0 Å². The first-order valence-corrected chi connectivity index (χ1v) is 7.37. The molecule has 0 aromatic heterocycles. The van der Waals surface area contributed by atoms with Gasteiger partial charge in [0.05, 0.1) is 20.8 Å². The molecule has 2 rings (SSSR count). The number of anilines is 2. The Kier molecular flexibility index (Phi) is 5.46. The number of rotatable bonds is 6. The summed E-state index contributed by atoms with van der Waals surface area (Å²) in [4.78, 5) is 12.1. The standard InChI is InChI=1S/C18H22N2O3/c1-12-6-5-7-15(13(12)2)20-18(21)11-19-14-8-9-16(22-3)17(10-14)23-4/h5-10,19H,11H2,1-4H3,(H,20,21). The predicted molar refractivity (Wildman–Crippen MR) is 92.6 cm³/mol. The van der Waals surface area contributed by atoms with Gasteiger partial charge in [0.2, 0.25) is 5.91 Å². The molecule has 0 heterocycles. The number of amides is 1. The van der Waals surface area contributed by atoms with Crippen molar-refractivity contribution in [3.8, 4) is 11.5 Å². The number of nitrogens with one attached hydrogen (secondary N) is 2. The van der Waals surface area contributed by atoms with Crippen LogP contribution in [0.25, 0.3) is 0 Å². The summed E-state index contributed by atoms with van der Waals surface area (Å²) in [6.07, 6.45) is 0. The first-order valence-electron chi connectivity index (χ1n) is 7.37. The van der Waals surface area contributed by atoms with Gasteiger partial charge in [0.15, 0.2) is 11.5 Å². The maximum atomic E-state index is 12.1. The van der Waals surface area contributed by atoms with Crippen molar-refractivity contribution < 1.29 is 14.3 Å². The molecule has 5 heteroatoms. The topological polar surface area (TPSA) is 59.6 Å². The van der Waals surface area contributed by atoms with E-state index in [0.717, 1.165) is 22.5 Å². The highest BCUT2D eigenvalue weighted by Crippen LogP contribution is 2.29. The van der Waals surface area contributed by atoms with Crippen molar-refractivity contribution in [2.75, 3.05) is 31.4 Å². The average molecular weight is 314 g/mol. The van der Waals surface area contributed by atoms with Gasteiger partial charge >= 0.3 is 0 Å². The van der Waals surface area contributed by atoms with Crippen LogP contribution in [0.3, 0.4) is 0 Å². The molecule has 5 nitrogen and oxygen atoms in total. The zero-order valence-electron chi connectivity index (χ0n) is 13.9. The van der Waals surface area contributed by atoms with Crippen LogP contribution in [0.2, 0.25) is 0 Å². The molecular formula is C18H22N2O3. The van der Waals surface area contributed by atoms with Crippen molar-refractivity contribution in [3.05, 3.63) is 47.5 Å². The molecule has 0 bridgehead atoms. The minimum absolute atomic E-state index is 0.103. The molecule has 1 amide bonds. The fraction of sp³-hybridized carbons (Fsp3) is 0.278. The van der Waals surface area contributed by atoms with Gasteiger partial charge in [-0.3, -0.25) is 4.79 Å². The fourth-order valence-corrected chi connectivity index (χ4v) is 2.21. The summed E-state index contributed by atoms with van der Waals surface area (Å²) >= 11 is 0. The van der Waals surface area contributed by atoms with E-state index < -0.39 is 0 Å². The van der Waals surface area contributed by atoms with E-state index in [1.165, 1.54) is 0 Å². The van der Waals surface area contributed by atoms with E-state index >= 15 is 0 Å². The third-order valence-electron chi connectivity index (χ3n) is 3.72. The first kappa shape index (κ1) is 16.7. The van der Waals surface area contributed by atoms with E-state index in [0.29, 0.717) is 11.5 Å². The summed E-state index contributed by atoms with van der Waals surface area (Å²) in [5, 5.41) is 5.99. The lowest BCUT2D eigenvalue weighted by Gasteiger charge is -2.13. The van der Waals surface area contributed by atoms with Gasteiger partial charge in [-0.05, 0) is 43.2 Å². The van der Waals surface area contributed by atoms with E-state index in [-0.39, 0.29) is 12.5 Å². The molecule has 0 aliphatic rings. The van der Waals surface area contributed by atoms with Crippen molar-refractivity contribution in [1.82, 2.24) is 0 Å². The summed E-state index contributed by atoms with van der Waals surface area (Å²) in [6.45, 7) is 4.18. The molecular weight excluding hydrogens is 292 g/mol. The number of carbonyl (C=O) groups excluding carboxylic acids is 1. The molecule has 0 saturated carbocycles. The Balaban J connectivity index is 1.98. The molecule has 0 fully saturated rings. The summed E-state index contributed by atoms with van der Waals surface area (Å²) in [5.41, 5.74) is 3.85. The molecule has 0 atom stereocenters. The Morgan fingerprint density at radius 2 is 1.78 bits per heavy atom. The molecule has 0 saturated heterocycles. The zero-order chi connectivity index (χ0) is 16.8. The average Bonchev–Trinajstić information content (AvgIpc) is 2.56. The second-order valence-corrected chi connectivity index (χ2v) is 5.22. The quantitative estimate of drug-likeness (QED) is 0.858. The van der Waals surface area contributed by atoms with E-state index in [1.807, 2.05) is 38.1 Å². The molecule has 2 aromatic rings. The highest BCUT2D eigenvalue weighted by atomic mass is 16.5. The van der Waals surface area contributed by atoms with Gasteiger partial charge in [-0.2, -0.15) is 0 Å². The van der Waals surface area contributed by atoms with E-state index in [1.54, 1.807) is 26.4 Å². The van der Waals surface area contributed by atoms with E-state index in [2.05, 4.69) is 10.6 Å². The Bertz CT molecular complexity index is 699. The van der Waals surface area contributed by atoms with Crippen molar-refractivity contribution in [1.29, 1.82) is 0 Å². The highest BCUT2D eigenvalue weighted by Gasteiger charge is 2.08. The Morgan fingerprint density at radius 1 is 1.04 bits per heavy atom. The van der Waals surface area contributed by atoms with Crippen LogP contribution in [0.1, 0.15) is 11.1 Å². The normalized spacial score (nSPS) is 10.1. The van der Waals surface area contributed by atoms with E-state index in [4.69, 9.17) is 9.47 Å². The van der Waals surface area contributed by atoms with Crippen LogP contribution in [0, 0.1) is 13.8 Å². The van der Waals surface area contributed by atoms with Gasteiger partial charge in [-0.1, -0.05) is 12.1 Å². The van der Waals surface area contributed by atoms with Crippen molar-refractivity contribution in [2.24, 2.45) is 0 Å². The van der Waals surface area contributed by atoms with Gasteiger partial charge in [0.1, 0.15) is 0 Å². The van der Waals surface area contributed by atoms with Crippen LogP contribution in [-0.4, -0.2) is 26.7 Å². The summed E-state index contributed by atoms with van der Waals surface area (Å²) in [6, 6.07) is 11.3. The number of hydrogen-bond donors (Lipinski definition) is 2. The fourth-order valence-electron chi connectivity index (χ4n) is 2.21. The lowest BCUT2D eigenvalue weighted by atomic mass is 10.1. The van der Waals surface area contributed by atoms with Crippen LogP contribution in [-0.2, 0) is 4.79 Å². The molecule has 2 N–H and O–H groups in total. The summed E-state index contributed by atoms with van der Waals surface area (Å²) < 4.78 is 10.4. The molecule has 2 aromatic carbocycles. The predicted octanol–water partition coefficient (Wildman–Crippen LogP) is 3.37. The van der Waals surface area contributed by atoms with Crippen LogP contribution in [0.15, 0.2) is 36.4 Å². The smallest absolute Gasteiger partial charge is 0.243 e. The molecule has 0 unspecified atom stereocenters. The number of ether oxygens (including phenoxy) is 2. The van der Waals surface area contributed by atoms with Crippen LogP contribution >= 0.6 is 0 Å². The number of benzene rings is 2. The van der Waals surface area contributed by atoms with Crippen LogP contribution < -0.4 is 20.1 Å². The Morgan fingerprint density at radius 3 is 2.48 bits per heavy atom. The summed E-state index contributed by atoms with van der Waals surface area (Å²) in [7, 11) is 3.16. The summed E-state index contributed by atoms with van der Waals surface area (Å²) in [5.74, 6) is 1.17. The number of methoxy groups -OCH3 is 2. The molecule has 0 aliphatic heterocycles. The largest absolute Gasteiger partial charge is 0.493 e. The molecule has 122 valence electrons. The third-order valence-corrected chi connectivity index (χ3v) is 3.72. The second kappa shape index (κ2) is 7.54. The third kappa shape index (κ3) is 4.16. The monoisotopic (exact) mass is 314 g/mol. The first-order chi connectivity index (χ1) is 11.0. The van der Waals surface area contributed by atoms with Crippen molar-refractivity contribution in [3.63, 3.8) is 0 Å². The number of carbonyl (C=O) groups is 1. The van der Waals surface area contributed by atoms with Gasteiger partial charge in [0, 0.05) is 17.4 Å². The zero-order valence-corrected chi connectivity index (χ0v) is 13.9. The highest BCUT2D eigenvalue weighted by molar-refractivity contribution is 5.94. The number of aryl methyl sites for hydroxylation is 1. The van der Waals surface area contributed by atoms with Crippen LogP contribution in [0.5, 0.6) is 11.5 Å². The minimum atomic E-state index is -0.103. The Labute approximate surface area is 136 Å². The van der Waals surface area contributed by atoms with Crippen molar-refractivity contribution >= 4 is 17.3 Å². The maximum absolute atomic E-state index is 12.1. The van der Waals surface area contributed by atoms with E-state index in [9.17, 15) is 4.79 Å². The SMILES string of the molecule is COc1ccc(NCC(=O)Nc2cccc(C)c2C)cc1OC. The van der Waals surface area contributed by atoms with Gasteiger partial charge in [-0.15, -0.1) is 0 Å². The second-order valence-electron chi connectivity index (χ2n) is 5.22. The molecule has 0 radical (unpaired) electrons. The maximum Gasteiger partial charge on any atom is 0.243 e. The van der Waals surface area contributed by atoms with Crippen LogP contribution in [0.4, 0.5) is 11.4 Å². The lowest BCUT2D eigenvalue weighted by molar-refractivity contribution is -0.114. The van der Waals surface area contributed by atoms with Gasteiger partial charge < -0.3 is 20.1 Å². The minimum Gasteiger partial charge on any atom is -0.493 e. The number of hydrogen-bond acceptors (Lipinski definition) is 4. The molecule has 23 heavy (non-hydrogen) atoms. The molecule has 0 aliphatic carbocycles.